The van der Waals surface area contributed by atoms with Crippen LogP contribution in [0.25, 0.3) is 5.65 Å². The quantitative estimate of drug-likeness (QED) is 0.581. The molecule has 0 aliphatic rings. The van der Waals surface area contributed by atoms with Crippen molar-refractivity contribution in [3.8, 4) is 0 Å². The van der Waals surface area contributed by atoms with Gasteiger partial charge >= 0.3 is 0 Å². The van der Waals surface area contributed by atoms with E-state index in [1.807, 2.05) is 18.2 Å². The van der Waals surface area contributed by atoms with Crippen molar-refractivity contribution in [1.82, 2.24) is 14.6 Å². The van der Waals surface area contributed by atoms with Gasteiger partial charge in [0.1, 0.15) is 11.0 Å². The molecule has 0 saturated heterocycles. The SMILES string of the molecule is C=CCc1c(Cl)nc2ccnn2c1Nc1ccc(C)cc1. The molecule has 0 aliphatic carbocycles. The third-order valence-electron chi connectivity index (χ3n) is 3.24. The molecule has 0 fully saturated rings. The zero-order valence-electron chi connectivity index (χ0n) is 11.7. The van der Waals surface area contributed by atoms with Crippen LogP contribution >= 0.6 is 11.6 Å². The fraction of sp³-hybridized carbons (Fsp3) is 0.125. The molecule has 0 bridgehead atoms. The van der Waals surface area contributed by atoms with Gasteiger partial charge in [-0.3, -0.25) is 0 Å². The second-order valence-electron chi connectivity index (χ2n) is 4.81. The summed E-state index contributed by atoms with van der Waals surface area (Å²) in [5, 5.41) is 8.17. The summed E-state index contributed by atoms with van der Waals surface area (Å²) in [4.78, 5) is 4.35. The number of allylic oxidation sites excluding steroid dienone is 1. The number of benzene rings is 1. The van der Waals surface area contributed by atoms with Gasteiger partial charge in [-0.1, -0.05) is 35.4 Å². The van der Waals surface area contributed by atoms with Gasteiger partial charge in [-0.25, -0.2) is 4.98 Å². The first-order valence-electron chi connectivity index (χ1n) is 6.66. The van der Waals surface area contributed by atoms with Gasteiger partial charge in [0.2, 0.25) is 0 Å². The van der Waals surface area contributed by atoms with E-state index in [2.05, 4.69) is 41.0 Å². The molecular weight excluding hydrogens is 284 g/mol. The molecule has 1 N–H and O–H groups in total. The van der Waals surface area contributed by atoms with Crippen LogP contribution in [0.5, 0.6) is 0 Å². The predicted octanol–water partition coefficient (Wildman–Crippen LogP) is 4.16. The first kappa shape index (κ1) is 13.6. The van der Waals surface area contributed by atoms with E-state index >= 15 is 0 Å². The maximum atomic E-state index is 6.30. The minimum atomic E-state index is 0.470. The predicted molar refractivity (Wildman–Crippen MR) is 86.4 cm³/mol. The van der Waals surface area contributed by atoms with Gasteiger partial charge in [0, 0.05) is 17.3 Å². The van der Waals surface area contributed by atoms with Crippen molar-refractivity contribution in [2.24, 2.45) is 0 Å². The number of nitrogens with one attached hydrogen (secondary N) is 1. The van der Waals surface area contributed by atoms with Crippen molar-refractivity contribution in [3.05, 3.63) is 65.5 Å². The van der Waals surface area contributed by atoms with E-state index in [0.29, 0.717) is 17.2 Å². The van der Waals surface area contributed by atoms with Gasteiger partial charge in [0.15, 0.2) is 5.65 Å². The Kier molecular flexibility index (Phi) is 3.62. The van der Waals surface area contributed by atoms with E-state index in [9.17, 15) is 0 Å². The molecular formula is C16H15ClN4. The molecule has 2 heterocycles. The van der Waals surface area contributed by atoms with Crippen LogP contribution in [0, 0.1) is 6.92 Å². The van der Waals surface area contributed by atoms with Crippen LogP contribution in [0.3, 0.4) is 0 Å². The van der Waals surface area contributed by atoms with Gasteiger partial charge in [-0.05, 0) is 25.5 Å². The molecule has 0 amide bonds. The Morgan fingerprint density at radius 3 is 2.76 bits per heavy atom. The Bertz CT molecular complexity index is 790. The Labute approximate surface area is 128 Å². The van der Waals surface area contributed by atoms with Crippen molar-refractivity contribution in [1.29, 1.82) is 0 Å². The van der Waals surface area contributed by atoms with E-state index < -0.39 is 0 Å². The maximum absolute atomic E-state index is 6.30. The Hall–Kier alpha value is -2.33. The van der Waals surface area contributed by atoms with E-state index in [0.717, 1.165) is 17.1 Å². The smallest absolute Gasteiger partial charge is 0.159 e. The molecule has 0 saturated carbocycles. The number of rotatable bonds is 4. The largest absolute Gasteiger partial charge is 0.340 e. The van der Waals surface area contributed by atoms with Crippen molar-refractivity contribution < 1.29 is 0 Å². The molecule has 0 atom stereocenters. The molecule has 0 aliphatic heterocycles. The van der Waals surface area contributed by atoms with E-state index in [1.165, 1.54) is 5.56 Å². The highest BCUT2D eigenvalue weighted by atomic mass is 35.5. The standard InChI is InChI=1S/C16H15ClN4/c1-3-4-13-15(17)20-14-9-10-18-21(14)16(13)19-12-7-5-11(2)6-8-12/h3,5-10,19H,1,4H2,2H3. The third kappa shape index (κ3) is 2.62. The molecule has 21 heavy (non-hydrogen) atoms. The Balaban J connectivity index is 2.13. The number of hydrogen-bond donors (Lipinski definition) is 1. The van der Waals surface area contributed by atoms with Gasteiger partial charge in [-0.15, -0.1) is 6.58 Å². The first-order valence-corrected chi connectivity index (χ1v) is 7.03. The Morgan fingerprint density at radius 2 is 2.05 bits per heavy atom. The van der Waals surface area contributed by atoms with Gasteiger partial charge in [0.05, 0.1) is 6.20 Å². The van der Waals surface area contributed by atoms with Crippen LogP contribution in [0.2, 0.25) is 5.15 Å². The molecule has 3 aromatic rings. The van der Waals surface area contributed by atoms with Crippen LogP contribution in [-0.2, 0) is 6.42 Å². The highest BCUT2D eigenvalue weighted by molar-refractivity contribution is 6.30. The van der Waals surface area contributed by atoms with Crippen molar-refractivity contribution in [2.75, 3.05) is 5.32 Å². The monoisotopic (exact) mass is 298 g/mol. The lowest BCUT2D eigenvalue weighted by Crippen LogP contribution is -2.06. The zero-order chi connectivity index (χ0) is 14.8. The van der Waals surface area contributed by atoms with Crippen LogP contribution in [0.15, 0.2) is 49.2 Å². The number of aryl methyl sites for hydroxylation is 1. The number of nitrogens with zero attached hydrogens (tertiary/aromatic N) is 3. The highest BCUT2D eigenvalue weighted by Gasteiger charge is 2.14. The van der Waals surface area contributed by atoms with Gasteiger partial charge in [-0.2, -0.15) is 9.61 Å². The average Bonchev–Trinajstić information content (AvgIpc) is 2.93. The minimum Gasteiger partial charge on any atom is -0.340 e. The minimum absolute atomic E-state index is 0.470. The lowest BCUT2D eigenvalue weighted by molar-refractivity contribution is 0.929. The van der Waals surface area contributed by atoms with Gasteiger partial charge in [0.25, 0.3) is 0 Å². The number of hydrogen-bond acceptors (Lipinski definition) is 3. The maximum Gasteiger partial charge on any atom is 0.159 e. The summed E-state index contributed by atoms with van der Waals surface area (Å²) in [5.74, 6) is 0.818. The topological polar surface area (TPSA) is 42.2 Å². The second kappa shape index (κ2) is 5.58. The van der Waals surface area contributed by atoms with E-state index in [4.69, 9.17) is 11.6 Å². The molecule has 4 nitrogen and oxygen atoms in total. The molecule has 0 spiro atoms. The molecule has 5 heteroatoms. The number of halogens is 1. The van der Waals surface area contributed by atoms with Crippen molar-refractivity contribution in [3.63, 3.8) is 0 Å². The van der Waals surface area contributed by atoms with E-state index in [-0.39, 0.29) is 0 Å². The highest BCUT2D eigenvalue weighted by Crippen LogP contribution is 2.27. The second-order valence-corrected chi connectivity index (χ2v) is 5.17. The van der Waals surface area contributed by atoms with Crippen LogP contribution in [0.4, 0.5) is 11.5 Å². The summed E-state index contributed by atoms with van der Waals surface area (Å²) >= 11 is 6.30. The van der Waals surface area contributed by atoms with Crippen LogP contribution < -0.4 is 5.32 Å². The van der Waals surface area contributed by atoms with Crippen molar-refractivity contribution >= 4 is 28.8 Å². The summed E-state index contributed by atoms with van der Waals surface area (Å²) in [5.41, 5.74) is 3.78. The third-order valence-corrected chi connectivity index (χ3v) is 3.56. The first-order chi connectivity index (χ1) is 10.2. The number of fused-ring (bicyclic) bond motifs is 1. The van der Waals surface area contributed by atoms with Crippen LogP contribution in [0.1, 0.15) is 11.1 Å². The lowest BCUT2D eigenvalue weighted by Gasteiger charge is -2.14. The van der Waals surface area contributed by atoms with E-state index in [1.54, 1.807) is 16.8 Å². The fourth-order valence-electron chi connectivity index (χ4n) is 2.17. The summed E-state index contributed by atoms with van der Waals surface area (Å²) in [7, 11) is 0. The molecule has 106 valence electrons. The summed E-state index contributed by atoms with van der Waals surface area (Å²) in [6.07, 6.45) is 4.13. The van der Waals surface area contributed by atoms with Crippen LogP contribution in [-0.4, -0.2) is 14.6 Å². The molecule has 0 radical (unpaired) electrons. The number of aromatic nitrogens is 3. The lowest BCUT2D eigenvalue weighted by atomic mass is 10.2. The molecule has 3 rings (SSSR count). The molecule has 0 unspecified atom stereocenters. The Morgan fingerprint density at radius 1 is 1.29 bits per heavy atom. The summed E-state index contributed by atoms with van der Waals surface area (Å²) in [6.45, 7) is 5.84. The average molecular weight is 299 g/mol. The molecule has 1 aromatic carbocycles. The van der Waals surface area contributed by atoms with Crippen molar-refractivity contribution in [2.45, 2.75) is 13.3 Å². The zero-order valence-corrected chi connectivity index (χ0v) is 12.4. The van der Waals surface area contributed by atoms with Gasteiger partial charge < -0.3 is 5.32 Å². The number of anilines is 2. The summed E-state index contributed by atoms with van der Waals surface area (Å²) in [6, 6.07) is 9.98. The summed E-state index contributed by atoms with van der Waals surface area (Å²) < 4.78 is 1.75. The fourth-order valence-corrected chi connectivity index (χ4v) is 2.43. The molecule has 2 aromatic heterocycles. The normalized spacial score (nSPS) is 10.8.